The lowest BCUT2D eigenvalue weighted by Gasteiger charge is -2.10. The van der Waals surface area contributed by atoms with Crippen molar-refractivity contribution in [2.24, 2.45) is 0 Å². The fourth-order valence-corrected chi connectivity index (χ4v) is 0.788. The molecule has 0 fully saturated rings. The van der Waals surface area contributed by atoms with E-state index in [1.165, 1.54) is 6.07 Å². The molecule has 0 saturated heterocycles. The number of rotatable bonds is 1. The number of hydrogen-bond donors (Lipinski definition) is 2. The number of halogens is 3. The van der Waals surface area contributed by atoms with Crippen LogP contribution in [0.5, 0.6) is 11.5 Å². The summed E-state index contributed by atoms with van der Waals surface area (Å²) in [6.07, 6.45) is -4.93. The van der Waals surface area contributed by atoms with Crippen molar-refractivity contribution in [2.45, 2.75) is 6.36 Å². The second kappa shape index (κ2) is 3.53. The number of anilines is 1. The van der Waals surface area contributed by atoms with Gasteiger partial charge in [0.1, 0.15) is 6.07 Å². The van der Waals surface area contributed by atoms with Crippen LogP contribution in [0.3, 0.4) is 0 Å². The lowest BCUT2D eigenvalue weighted by molar-refractivity contribution is -0.274. The van der Waals surface area contributed by atoms with E-state index in [1.807, 2.05) is 0 Å². The third-order valence-electron chi connectivity index (χ3n) is 1.33. The Bertz CT molecular complexity index is 425. The number of aromatic nitrogens is 1. The van der Waals surface area contributed by atoms with Gasteiger partial charge in [0.2, 0.25) is 0 Å². The summed E-state index contributed by atoms with van der Waals surface area (Å²) in [5, 5.41) is 17.4. The standard InChI is InChI=1S/C7H4F3N3O2/c8-7(9,10)15-5-1-4(14)3(2-11)13-6(5)12/h1,14H,(H2,12,13). The maximum Gasteiger partial charge on any atom is 0.573 e. The Morgan fingerprint density at radius 3 is 2.60 bits per heavy atom. The molecule has 0 bridgehead atoms. The molecule has 8 heteroatoms. The van der Waals surface area contributed by atoms with Crippen LogP contribution in [0.15, 0.2) is 6.07 Å². The van der Waals surface area contributed by atoms with Gasteiger partial charge in [-0.3, -0.25) is 0 Å². The molecule has 0 atom stereocenters. The third kappa shape index (κ3) is 2.63. The number of alkyl halides is 3. The largest absolute Gasteiger partial charge is 0.573 e. The molecule has 0 spiro atoms. The highest BCUT2D eigenvalue weighted by Gasteiger charge is 2.32. The zero-order chi connectivity index (χ0) is 11.6. The average molecular weight is 219 g/mol. The Labute approximate surface area is 81.5 Å². The summed E-state index contributed by atoms with van der Waals surface area (Å²) >= 11 is 0. The van der Waals surface area contributed by atoms with Crippen LogP contribution in [-0.2, 0) is 0 Å². The van der Waals surface area contributed by atoms with Gasteiger partial charge in [-0.05, 0) is 0 Å². The van der Waals surface area contributed by atoms with Gasteiger partial charge in [-0.15, -0.1) is 13.2 Å². The second-order valence-electron chi connectivity index (χ2n) is 2.40. The summed E-state index contributed by atoms with van der Waals surface area (Å²) in [6, 6.07) is 2.03. The summed E-state index contributed by atoms with van der Waals surface area (Å²) in [6.45, 7) is 0. The third-order valence-corrected chi connectivity index (χ3v) is 1.33. The van der Waals surface area contributed by atoms with Crippen molar-refractivity contribution < 1.29 is 23.0 Å². The number of pyridine rings is 1. The predicted molar refractivity (Wildman–Crippen MR) is 41.7 cm³/mol. The van der Waals surface area contributed by atoms with E-state index in [0.29, 0.717) is 6.07 Å². The lowest BCUT2D eigenvalue weighted by atomic mass is 10.3. The quantitative estimate of drug-likeness (QED) is 0.738. The molecule has 5 nitrogen and oxygen atoms in total. The molecular weight excluding hydrogens is 215 g/mol. The van der Waals surface area contributed by atoms with E-state index in [2.05, 4.69) is 9.72 Å². The molecule has 1 rings (SSSR count). The average Bonchev–Trinajstić information content (AvgIpc) is 2.08. The van der Waals surface area contributed by atoms with Gasteiger partial charge in [0.25, 0.3) is 0 Å². The van der Waals surface area contributed by atoms with Crippen molar-refractivity contribution in [3.05, 3.63) is 11.8 Å². The fourth-order valence-electron chi connectivity index (χ4n) is 0.788. The Kier molecular flexibility index (Phi) is 2.57. The first-order valence-corrected chi connectivity index (χ1v) is 3.49. The van der Waals surface area contributed by atoms with E-state index in [4.69, 9.17) is 16.1 Å². The van der Waals surface area contributed by atoms with E-state index < -0.39 is 29.4 Å². The summed E-state index contributed by atoms with van der Waals surface area (Å²) in [4.78, 5) is 3.22. The maximum absolute atomic E-state index is 11.8. The zero-order valence-electron chi connectivity index (χ0n) is 7.04. The van der Waals surface area contributed by atoms with Gasteiger partial charge in [0.15, 0.2) is 23.0 Å². The highest BCUT2D eigenvalue weighted by molar-refractivity contribution is 5.54. The van der Waals surface area contributed by atoms with Crippen LogP contribution < -0.4 is 10.5 Å². The number of nitrogens with zero attached hydrogens (tertiary/aromatic N) is 2. The molecule has 0 amide bonds. The van der Waals surface area contributed by atoms with Gasteiger partial charge >= 0.3 is 6.36 Å². The fraction of sp³-hybridized carbons (Fsp3) is 0.143. The van der Waals surface area contributed by atoms with Crippen LogP contribution in [0.2, 0.25) is 0 Å². The highest BCUT2D eigenvalue weighted by Crippen LogP contribution is 2.31. The Balaban J connectivity index is 3.13. The van der Waals surface area contributed by atoms with Gasteiger partial charge in [0.05, 0.1) is 0 Å². The molecule has 0 aliphatic carbocycles. The predicted octanol–water partition coefficient (Wildman–Crippen LogP) is 1.14. The van der Waals surface area contributed by atoms with Gasteiger partial charge in [0, 0.05) is 6.07 Å². The van der Waals surface area contributed by atoms with E-state index in [-0.39, 0.29) is 0 Å². The van der Waals surface area contributed by atoms with Crippen molar-refractivity contribution >= 4 is 5.82 Å². The molecule has 1 heterocycles. The van der Waals surface area contributed by atoms with Gasteiger partial charge < -0.3 is 15.6 Å². The van der Waals surface area contributed by atoms with Crippen molar-refractivity contribution in [3.63, 3.8) is 0 Å². The van der Waals surface area contributed by atoms with Crippen molar-refractivity contribution in [2.75, 3.05) is 5.73 Å². The molecule has 0 saturated carbocycles. The monoisotopic (exact) mass is 219 g/mol. The van der Waals surface area contributed by atoms with Crippen molar-refractivity contribution in [1.82, 2.24) is 4.98 Å². The number of nitrogens with two attached hydrogens (primary N) is 1. The minimum Gasteiger partial charge on any atom is -0.505 e. The van der Waals surface area contributed by atoms with Gasteiger partial charge in [-0.25, -0.2) is 4.98 Å². The Hall–Kier alpha value is -2.17. The number of nitrogen functional groups attached to an aromatic ring is 1. The number of ether oxygens (including phenoxy) is 1. The molecule has 15 heavy (non-hydrogen) atoms. The maximum atomic E-state index is 11.8. The topological polar surface area (TPSA) is 92.2 Å². The number of hydrogen-bond acceptors (Lipinski definition) is 5. The molecule has 0 aliphatic heterocycles. The second-order valence-corrected chi connectivity index (χ2v) is 2.40. The van der Waals surface area contributed by atoms with E-state index in [9.17, 15) is 13.2 Å². The Morgan fingerprint density at radius 1 is 1.53 bits per heavy atom. The smallest absolute Gasteiger partial charge is 0.505 e. The van der Waals surface area contributed by atoms with E-state index >= 15 is 0 Å². The summed E-state index contributed by atoms with van der Waals surface area (Å²) < 4.78 is 38.8. The molecule has 3 N–H and O–H groups in total. The van der Waals surface area contributed by atoms with E-state index in [1.54, 1.807) is 0 Å². The van der Waals surface area contributed by atoms with Crippen LogP contribution >= 0.6 is 0 Å². The van der Waals surface area contributed by atoms with Crippen LogP contribution in [-0.4, -0.2) is 16.5 Å². The number of aromatic hydroxyl groups is 1. The zero-order valence-corrected chi connectivity index (χ0v) is 7.04. The summed E-state index contributed by atoms with van der Waals surface area (Å²) in [5.74, 6) is -2.20. The van der Waals surface area contributed by atoms with Gasteiger partial charge in [-0.2, -0.15) is 5.26 Å². The minimum absolute atomic E-state index is 0.470. The minimum atomic E-state index is -4.93. The van der Waals surface area contributed by atoms with Crippen LogP contribution in [0.4, 0.5) is 19.0 Å². The van der Waals surface area contributed by atoms with Crippen LogP contribution in [0.1, 0.15) is 5.69 Å². The lowest BCUT2D eigenvalue weighted by Crippen LogP contribution is -2.18. The molecule has 80 valence electrons. The SMILES string of the molecule is N#Cc1nc(N)c(OC(F)(F)F)cc1O. The molecule has 0 unspecified atom stereocenters. The normalized spacial score (nSPS) is 10.8. The molecule has 0 aromatic carbocycles. The summed E-state index contributed by atoms with van der Waals surface area (Å²) in [5.41, 5.74) is 4.60. The first kappa shape index (κ1) is 10.9. The van der Waals surface area contributed by atoms with Crippen LogP contribution in [0.25, 0.3) is 0 Å². The summed E-state index contributed by atoms with van der Waals surface area (Å²) in [7, 11) is 0. The number of nitriles is 1. The van der Waals surface area contributed by atoms with Crippen molar-refractivity contribution in [3.8, 4) is 17.6 Å². The van der Waals surface area contributed by atoms with Crippen molar-refractivity contribution in [1.29, 1.82) is 5.26 Å². The first-order chi connectivity index (χ1) is 6.83. The molecule has 1 aromatic rings. The highest BCUT2D eigenvalue weighted by atomic mass is 19.4. The Morgan fingerprint density at radius 2 is 2.13 bits per heavy atom. The first-order valence-electron chi connectivity index (χ1n) is 3.49. The molecule has 1 aromatic heterocycles. The molecular formula is C7H4F3N3O2. The van der Waals surface area contributed by atoms with Crippen LogP contribution in [0, 0.1) is 11.3 Å². The van der Waals surface area contributed by atoms with Gasteiger partial charge in [-0.1, -0.05) is 0 Å². The molecule has 0 radical (unpaired) electrons. The van der Waals surface area contributed by atoms with E-state index in [0.717, 1.165) is 0 Å². The molecule has 0 aliphatic rings.